The molecule has 0 atom stereocenters. The molecule has 0 fully saturated rings. The van der Waals surface area contributed by atoms with Crippen molar-refractivity contribution in [3.05, 3.63) is 81.7 Å². The number of carbonyl (C=O) groups excluding carboxylic acids is 1. The van der Waals surface area contributed by atoms with Crippen LogP contribution in [0.4, 0.5) is 0 Å². The summed E-state index contributed by atoms with van der Waals surface area (Å²) in [6.45, 7) is 5.83. The van der Waals surface area contributed by atoms with E-state index in [4.69, 9.17) is 14.2 Å². The van der Waals surface area contributed by atoms with Gasteiger partial charge in [0.2, 0.25) is 0 Å². The minimum Gasteiger partial charge on any atom is -0.464 e. The summed E-state index contributed by atoms with van der Waals surface area (Å²) in [5.41, 5.74) is 6.77. The molecule has 35 heavy (non-hydrogen) atoms. The molecule has 0 saturated carbocycles. The first-order valence-electron chi connectivity index (χ1n) is 11.2. The zero-order chi connectivity index (χ0) is 24.7. The number of nitrogens with zero attached hydrogens (tertiary/aromatic N) is 4. The smallest absolute Gasteiger partial charge is 0.460 e. The number of esters is 1. The highest BCUT2D eigenvalue weighted by molar-refractivity contribution is 5.93. The quantitative estimate of drug-likeness (QED) is 0.379. The highest BCUT2D eigenvalue weighted by Crippen LogP contribution is 2.32. The van der Waals surface area contributed by atoms with Gasteiger partial charge in [0.25, 0.3) is 0 Å². The SMILES string of the molecule is CCc1nc2c(C)c(C)c(C(=O)OC)nc2n1-c1ccc(-c2ccccc2-c2nc(=O)o[nH]2)cc1. The summed E-state index contributed by atoms with van der Waals surface area (Å²) in [5.74, 6) is 0.0593. The number of aryl methyl sites for hydroxylation is 2. The Morgan fingerprint density at radius 1 is 1.00 bits per heavy atom. The van der Waals surface area contributed by atoms with Gasteiger partial charge in [-0.1, -0.05) is 43.3 Å². The van der Waals surface area contributed by atoms with Gasteiger partial charge in [-0.3, -0.25) is 4.57 Å². The lowest BCUT2D eigenvalue weighted by molar-refractivity contribution is 0.0593. The molecule has 5 aromatic rings. The Morgan fingerprint density at radius 2 is 1.71 bits per heavy atom. The average Bonchev–Trinajstić information content (AvgIpc) is 3.49. The monoisotopic (exact) mass is 469 g/mol. The maximum Gasteiger partial charge on any atom is 0.460 e. The second kappa shape index (κ2) is 8.68. The third-order valence-corrected chi connectivity index (χ3v) is 6.16. The Morgan fingerprint density at radius 3 is 2.34 bits per heavy atom. The largest absolute Gasteiger partial charge is 0.464 e. The molecule has 0 unspecified atom stereocenters. The predicted octanol–water partition coefficient (Wildman–Crippen LogP) is 4.40. The molecule has 0 aliphatic heterocycles. The zero-order valence-electron chi connectivity index (χ0n) is 19.7. The van der Waals surface area contributed by atoms with Crippen LogP contribution in [0.1, 0.15) is 34.4 Å². The van der Waals surface area contributed by atoms with E-state index in [1.54, 1.807) is 0 Å². The maximum atomic E-state index is 12.4. The van der Waals surface area contributed by atoms with Crippen LogP contribution in [0.15, 0.2) is 57.8 Å². The van der Waals surface area contributed by atoms with Crippen molar-refractivity contribution in [3.8, 4) is 28.2 Å². The summed E-state index contributed by atoms with van der Waals surface area (Å²) in [5, 5.41) is 2.57. The van der Waals surface area contributed by atoms with Crippen LogP contribution in [-0.4, -0.2) is 37.8 Å². The van der Waals surface area contributed by atoms with Crippen LogP contribution in [0.25, 0.3) is 39.4 Å². The Balaban J connectivity index is 1.65. The van der Waals surface area contributed by atoms with E-state index in [-0.39, 0.29) is 5.69 Å². The first kappa shape index (κ1) is 22.3. The minimum atomic E-state index is -0.673. The van der Waals surface area contributed by atoms with Crippen LogP contribution in [0.3, 0.4) is 0 Å². The Labute approximate surface area is 200 Å². The van der Waals surface area contributed by atoms with Gasteiger partial charge in [-0.15, -0.1) is 0 Å². The Hall–Kier alpha value is -4.53. The first-order chi connectivity index (χ1) is 16.9. The summed E-state index contributed by atoms with van der Waals surface area (Å²) < 4.78 is 11.7. The third-order valence-electron chi connectivity index (χ3n) is 6.16. The number of rotatable bonds is 5. The van der Waals surface area contributed by atoms with Crippen molar-refractivity contribution in [3.63, 3.8) is 0 Å². The zero-order valence-corrected chi connectivity index (χ0v) is 19.7. The molecule has 176 valence electrons. The number of pyridine rings is 1. The van der Waals surface area contributed by atoms with Gasteiger partial charge in [-0.2, -0.15) is 10.1 Å². The number of imidazole rings is 1. The fraction of sp³-hybridized carbons (Fsp3) is 0.192. The van der Waals surface area contributed by atoms with E-state index < -0.39 is 11.7 Å². The number of ether oxygens (including phenoxy) is 1. The van der Waals surface area contributed by atoms with Crippen molar-refractivity contribution in [2.24, 2.45) is 0 Å². The molecule has 1 N–H and O–H groups in total. The molecule has 3 heterocycles. The summed E-state index contributed by atoms with van der Waals surface area (Å²) in [7, 11) is 1.35. The van der Waals surface area contributed by atoms with Crippen LogP contribution >= 0.6 is 0 Å². The van der Waals surface area contributed by atoms with E-state index in [1.807, 2.05) is 73.9 Å². The molecule has 2 aromatic carbocycles. The lowest BCUT2D eigenvalue weighted by atomic mass is 9.99. The number of hydrogen-bond donors (Lipinski definition) is 1. The van der Waals surface area contributed by atoms with Crippen molar-refractivity contribution < 1.29 is 14.1 Å². The molecule has 5 rings (SSSR count). The molecule has 0 saturated heterocycles. The fourth-order valence-corrected chi connectivity index (χ4v) is 4.24. The van der Waals surface area contributed by atoms with Crippen molar-refractivity contribution in [1.29, 1.82) is 0 Å². The number of methoxy groups -OCH3 is 1. The number of H-pyrrole nitrogens is 1. The summed E-state index contributed by atoms with van der Waals surface area (Å²) in [6, 6.07) is 15.6. The van der Waals surface area contributed by atoms with Crippen LogP contribution in [0, 0.1) is 13.8 Å². The highest BCUT2D eigenvalue weighted by Gasteiger charge is 2.22. The minimum absolute atomic E-state index is 0.286. The van der Waals surface area contributed by atoms with Crippen molar-refractivity contribution >= 4 is 17.1 Å². The fourth-order valence-electron chi connectivity index (χ4n) is 4.24. The lowest BCUT2D eigenvalue weighted by Crippen LogP contribution is -2.10. The van der Waals surface area contributed by atoms with E-state index in [0.29, 0.717) is 17.9 Å². The molecule has 9 heteroatoms. The Kier molecular flexibility index (Phi) is 5.52. The molecule has 0 aliphatic rings. The van der Waals surface area contributed by atoms with Crippen LogP contribution in [0.2, 0.25) is 0 Å². The van der Waals surface area contributed by atoms with Crippen LogP contribution < -0.4 is 5.76 Å². The molecule has 0 spiro atoms. The molecular formula is C26H23N5O4. The van der Waals surface area contributed by atoms with E-state index >= 15 is 0 Å². The van der Waals surface area contributed by atoms with Crippen LogP contribution in [0.5, 0.6) is 0 Å². The van der Waals surface area contributed by atoms with Crippen molar-refractivity contribution in [2.75, 3.05) is 7.11 Å². The lowest BCUT2D eigenvalue weighted by Gasteiger charge is -2.12. The molecular weight excluding hydrogens is 446 g/mol. The number of nitrogens with one attached hydrogen (secondary N) is 1. The number of benzene rings is 2. The topological polar surface area (TPSA) is 116 Å². The van der Waals surface area contributed by atoms with Gasteiger partial charge in [-0.25, -0.2) is 19.6 Å². The Bertz CT molecular complexity index is 1630. The normalized spacial score (nSPS) is 11.2. The maximum absolute atomic E-state index is 12.4. The molecule has 9 nitrogen and oxygen atoms in total. The number of aromatic amines is 1. The number of hydrogen-bond acceptors (Lipinski definition) is 7. The standard InChI is InChI=1S/C26H23N5O4/c1-5-20-27-21-14(2)15(3)22(25(32)34-4)28-24(21)31(20)17-12-10-16(11-13-17)18-8-6-7-9-19(18)23-29-26(33)35-30-23/h6-13H,5H2,1-4H3,(H,29,30,33). The predicted molar refractivity (Wildman–Crippen MR) is 131 cm³/mol. The van der Waals surface area contributed by atoms with Crippen LogP contribution in [-0.2, 0) is 11.2 Å². The van der Waals surface area contributed by atoms with Crippen molar-refractivity contribution in [1.82, 2.24) is 24.7 Å². The second-order valence-electron chi connectivity index (χ2n) is 8.11. The third kappa shape index (κ3) is 3.71. The van der Waals surface area contributed by atoms with E-state index in [0.717, 1.165) is 44.8 Å². The molecule has 3 aromatic heterocycles. The van der Waals surface area contributed by atoms with E-state index in [2.05, 4.69) is 15.1 Å². The van der Waals surface area contributed by atoms with Gasteiger partial charge < -0.3 is 9.26 Å². The van der Waals surface area contributed by atoms with Gasteiger partial charge in [0, 0.05) is 17.7 Å². The van der Waals surface area contributed by atoms with Crippen molar-refractivity contribution in [2.45, 2.75) is 27.2 Å². The van der Waals surface area contributed by atoms with E-state index in [1.165, 1.54) is 7.11 Å². The molecule has 0 amide bonds. The first-order valence-corrected chi connectivity index (χ1v) is 11.2. The van der Waals surface area contributed by atoms with Gasteiger partial charge in [-0.05, 0) is 48.2 Å². The highest BCUT2D eigenvalue weighted by atomic mass is 16.5. The van der Waals surface area contributed by atoms with Gasteiger partial charge in [0.15, 0.2) is 17.2 Å². The number of aromatic nitrogens is 5. The van der Waals surface area contributed by atoms with Gasteiger partial charge in [0.05, 0.1) is 7.11 Å². The summed E-state index contributed by atoms with van der Waals surface area (Å²) in [6.07, 6.45) is 0.687. The number of carbonyl (C=O) groups is 1. The summed E-state index contributed by atoms with van der Waals surface area (Å²) in [4.78, 5) is 37.2. The summed E-state index contributed by atoms with van der Waals surface area (Å²) >= 11 is 0. The molecule has 0 bridgehead atoms. The average molecular weight is 470 g/mol. The van der Waals surface area contributed by atoms with E-state index in [9.17, 15) is 9.59 Å². The molecule has 0 aliphatic carbocycles. The second-order valence-corrected chi connectivity index (χ2v) is 8.11. The van der Waals surface area contributed by atoms with Gasteiger partial charge >= 0.3 is 11.7 Å². The van der Waals surface area contributed by atoms with Gasteiger partial charge in [0.1, 0.15) is 11.3 Å². The molecule has 0 radical (unpaired) electrons. The number of fused-ring (bicyclic) bond motifs is 1.